The molecule has 3 aromatic rings. The van der Waals surface area contributed by atoms with Crippen LogP contribution in [0, 0.1) is 5.92 Å². The molecule has 0 aromatic carbocycles. The number of hydrogen-bond donors (Lipinski definition) is 3. The summed E-state index contributed by atoms with van der Waals surface area (Å²) in [7, 11) is 0. The number of nitrogens with one attached hydrogen (secondary N) is 2. The largest absolute Gasteiger partial charge is 0.370 e. The quantitative estimate of drug-likeness (QED) is 0.563. The zero-order valence-corrected chi connectivity index (χ0v) is 17.3. The fourth-order valence-electron chi connectivity index (χ4n) is 3.76. The zero-order chi connectivity index (χ0) is 20.2. The van der Waals surface area contributed by atoms with Gasteiger partial charge in [-0.2, -0.15) is 0 Å². The molecule has 3 aromatic heterocycles. The second-order valence-corrected chi connectivity index (χ2v) is 8.43. The molecule has 1 aliphatic rings. The van der Waals surface area contributed by atoms with Crippen LogP contribution in [0.5, 0.6) is 0 Å². The van der Waals surface area contributed by atoms with Gasteiger partial charge in [-0.3, -0.25) is 0 Å². The molecule has 1 fully saturated rings. The van der Waals surface area contributed by atoms with Gasteiger partial charge in [0.1, 0.15) is 11.6 Å². The van der Waals surface area contributed by atoms with Crippen LogP contribution in [-0.4, -0.2) is 38.2 Å². The zero-order valence-electron chi connectivity index (χ0n) is 17.3. The van der Waals surface area contributed by atoms with Gasteiger partial charge >= 0.3 is 0 Å². The van der Waals surface area contributed by atoms with Crippen LogP contribution in [0.4, 0.5) is 11.6 Å². The van der Waals surface area contributed by atoms with E-state index in [-0.39, 0.29) is 0 Å². The van der Waals surface area contributed by atoms with Crippen LogP contribution in [0.2, 0.25) is 0 Å². The summed E-state index contributed by atoms with van der Waals surface area (Å²) in [5, 5.41) is 11.7. The molecule has 0 bridgehead atoms. The van der Waals surface area contributed by atoms with Crippen LogP contribution in [0.1, 0.15) is 46.0 Å². The maximum atomic E-state index is 6.02. The van der Waals surface area contributed by atoms with Crippen molar-refractivity contribution in [3.8, 4) is 11.3 Å². The molecule has 0 aliphatic heterocycles. The molecule has 1 saturated carbocycles. The van der Waals surface area contributed by atoms with Crippen LogP contribution in [0.3, 0.4) is 0 Å². The molecule has 4 rings (SSSR count). The van der Waals surface area contributed by atoms with Gasteiger partial charge in [0.25, 0.3) is 0 Å². The Morgan fingerprint density at radius 3 is 2.55 bits per heavy atom. The summed E-state index contributed by atoms with van der Waals surface area (Å²) >= 11 is 0. The third kappa shape index (κ3) is 4.85. The molecule has 1 aliphatic carbocycles. The number of aromatic nitrogens is 4. The Balaban J connectivity index is 1.48. The maximum Gasteiger partial charge on any atom is 0.154 e. The van der Waals surface area contributed by atoms with Crippen LogP contribution in [0.15, 0.2) is 36.7 Å². The van der Waals surface area contributed by atoms with E-state index in [1.165, 1.54) is 0 Å². The first-order chi connectivity index (χ1) is 14.1. The van der Waals surface area contributed by atoms with Crippen molar-refractivity contribution in [2.24, 2.45) is 11.7 Å². The van der Waals surface area contributed by atoms with Crippen molar-refractivity contribution in [3.63, 3.8) is 0 Å². The lowest BCUT2D eigenvalue weighted by molar-refractivity contribution is 0.410. The summed E-state index contributed by atoms with van der Waals surface area (Å²) in [6.07, 6.45) is 9.18. The van der Waals surface area contributed by atoms with Crippen molar-refractivity contribution in [2.75, 3.05) is 17.2 Å². The minimum atomic E-state index is 0.346. The number of imidazole rings is 1. The number of fused-ring (bicyclic) bond motifs is 1. The molecule has 4 N–H and O–H groups in total. The summed E-state index contributed by atoms with van der Waals surface area (Å²) < 4.78 is 1.89. The molecule has 0 saturated heterocycles. The van der Waals surface area contributed by atoms with Gasteiger partial charge in [0.2, 0.25) is 0 Å². The first-order valence-corrected chi connectivity index (χ1v) is 10.7. The van der Waals surface area contributed by atoms with Crippen molar-refractivity contribution >= 4 is 17.3 Å². The summed E-state index contributed by atoms with van der Waals surface area (Å²) in [6.45, 7) is 5.38. The van der Waals surface area contributed by atoms with Crippen LogP contribution < -0.4 is 16.4 Å². The van der Waals surface area contributed by atoms with E-state index in [0.29, 0.717) is 18.0 Å². The Morgan fingerprint density at radius 2 is 1.83 bits per heavy atom. The average molecular weight is 394 g/mol. The monoisotopic (exact) mass is 393 g/mol. The molecular weight excluding hydrogens is 362 g/mol. The van der Waals surface area contributed by atoms with Gasteiger partial charge in [0.15, 0.2) is 5.65 Å². The highest BCUT2D eigenvalue weighted by molar-refractivity contribution is 5.64. The molecule has 3 heterocycles. The summed E-state index contributed by atoms with van der Waals surface area (Å²) in [5.74, 6) is 2.45. The van der Waals surface area contributed by atoms with Crippen LogP contribution in [0.25, 0.3) is 16.9 Å². The van der Waals surface area contributed by atoms with Gasteiger partial charge in [0.05, 0.1) is 11.9 Å². The van der Waals surface area contributed by atoms with Crippen molar-refractivity contribution < 1.29 is 0 Å². The summed E-state index contributed by atoms with van der Waals surface area (Å²) in [5.41, 5.74) is 8.79. The highest BCUT2D eigenvalue weighted by Crippen LogP contribution is 2.23. The normalized spacial score (nSPS) is 19.6. The summed E-state index contributed by atoms with van der Waals surface area (Å²) in [6, 6.07) is 8.87. The third-order valence-electron chi connectivity index (χ3n) is 5.57. The van der Waals surface area contributed by atoms with Crippen LogP contribution in [-0.2, 0) is 0 Å². The number of nitrogens with two attached hydrogens (primary N) is 1. The molecule has 154 valence electrons. The predicted molar refractivity (Wildman–Crippen MR) is 118 cm³/mol. The standard InChI is InChI=1S/C22H31N7/c1-15(2)11-12-24-20-8-3-16(13-25-20)19-14-26-22-10-9-21(28-29(19)22)27-18-6-4-17(23)5-7-18/h3,8-10,13-15,17-18H,4-7,11-12,23H2,1-2H3,(H,24,25)(H,27,28)/t17-,18-. The third-order valence-corrected chi connectivity index (χ3v) is 5.57. The van der Waals surface area contributed by atoms with Crippen molar-refractivity contribution in [1.82, 2.24) is 19.6 Å². The number of anilines is 2. The fraction of sp³-hybridized carbons (Fsp3) is 0.500. The average Bonchev–Trinajstić information content (AvgIpc) is 3.13. The molecule has 7 nitrogen and oxygen atoms in total. The Morgan fingerprint density at radius 1 is 1.03 bits per heavy atom. The van der Waals surface area contributed by atoms with Gasteiger partial charge < -0.3 is 16.4 Å². The van der Waals surface area contributed by atoms with Crippen molar-refractivity contribution in [3.05, 3.63) is 36.7 Å². The Hall–Kier alpha value is -2.67. The minimum Gasteiger partial charge on any atom is -0.370 e. The molecule has 0 spiro atoms. The van der Waals surface area contributed by atoms with E-state index in [2.05, 4.69) is 40.5 Å². The van der Waals surface area contributed by atoms with Crippen molar-refractivity contribution in [1.29, 1.82) is 0 Å². The molecule has 0 amide bonds. The lowest BCUT2D eigenvalue weighted by Crippen LogP contribution is -2.33. The molecule has 0 radical (unpaired) electrons. The van der Waals surface area contributed by atoms with E-state index in [4.69, 9.17) is 10.8 Å². The van der Waals surface area contributed by atoms with Gasteiger partial charge in [-0.05, 0) is 62.3 Å². The lowest BCUT2D eigenvalue weighted by atomic mass is 9.92. The Bertz CT molecular complexity index is 924. The molecule has 29 heavy (non-hydrogen) atoms. The second kappa shape index (κ2) is 8.78. The SMILES string of the molecule is CC(C)CCNc1ccc(-c2cnc3ccc(N[C@H]4CC[C@H](N)CC4)nn23)cn1. The van der Waals surface area contributed by atoms with Gasteiger partial charge in [-0.1, -0.05) is 13.8 Å². The fourth-order valence-corrected chi connectivity index (χ4v) is 3.76. The van der Waals surface area contributed by atoms with Crippen LogP contribution >= 0.6 is 0 Å². The maximum absolute atomic E-state index is 6.02. The Kier molecular flexibility index (Phi) is 5.94. The van der Waals surface area contributed by atoms with E-state index in [1.54, 1.807) is 0 Å². The topological polar surface area (TPSA) is 93.2 Å². The number of rotatable bonds is 7. The number of hydrogen-bond acceptors (Lipinski definition) is 6. The van der Waals surface area contributed by atoms with Gasteiger partial charge in [0, 0.05) is 30.4 Å². The smallest absolute Gasteiger partial charge is 0.154 e. The first kappa shape index (κ1) is 19.6. The predicted octanol–water partition coefficient (Wildman–Crippen LogP) is 3.93. The first-order valence-electron chi connectivity index (χ1n) is 10.7. The summed E-state index contributed by atoms with van der Waals surface area (Å²) in [4.78, 5) is 9.05. The highest BCUT2D eigenvalue weighted by atomic mass is 15.3. The molecule has 0 unspecified atom stereocenters. The Labute approximate surface area is 172 Å². The highest BCUT2D eigenvalue weighted by Gasteiger charge is 2.19. The number of nitrogens with zero attached hydrogens (tertiary/aromatic N) is 4. The van der Waals surface area contributed by atoms with E-state index in [0.717, 1.165) is 67.2 Å². The van der Waals surface area contributed by atoms with E-state index >= 15 is 0 Å². The number of pyridine rings is 1. The molecular formula is C22H31N7. The second-order valence-electron chi connectivity index (χ2n) is 8.43. The van der Waals surface area contributed by atoms with Crippen molar-refractivity contribution in [2.45, 2.75) is 58.0 Å². The van der Waals surface area contributed by atoms with E-state index < -0.39 is 0 Å². The van der Waals surface area contributed by atoms with Gasteiger partial charge in [-0.25, -0.2) is 14.5 Å². The molecule has 7 heteroatoms. The lowest BCUT2D eigenvalue weighted by Gasteiger charge is -2.27. The molecule has 0 atom stereocenters. The van der Waals surface area contributed by atoms with E-state index in [1.807, 2.05) is 35.1 Å². The van der Waals surface area contributed by atoms with E-state index in [9.17, 15) is 0 Å². The van der Waals surface area contributed by atoms with Gasteiger partial charge in [-0.15, -0.1) is 5.10 Å². The minimum absolute atomic E-state index is 0.346.